The van der Waals surface area contributed by atoms with Crippen LogP contribution in [0.1, 0.15) is 22.3 Å². The quantitative estimate of drug-likeness (QED) is 0.682. The maximum absolute atomic E-state index is 6.23. The molecule has 0 radical (unpaired) electrons. The van der Waals surface area contributed by atoms with Crippen molar-refractivity contribution in [2.24, 2.45) is 7.05 Å². The Labute approximate surface area is 153 Å². The summed E-state index contributed by atoms with van der Waals surface area (Å²) in [5.74, 6) is 0.839. The molecule has 2 N–H and O–H groups in total. The molecule has 1 aromatic heterocycles. The molecule has 0 amide bonds. The van der Waals surface area contributed by atoms with E-state index in [0.29, 0.717) is 11.8 Å². The zero-order chi connectivity index (χ0) is 18.1. The number of ether oxygens (including phenoxy) is 1. The van der Waals surface area contributed by atoms with Gasteiger partial charge in [-0.3, -0.25) is 4.68 Å². The van der Waals surface area contributed by atoms with E-state index >= 15 is 0 Å². The lowest BCUT2D eigenvalue weighted by atomic mass is 10.1. The molecule has 0 aliphatic heterocycles. The molecule has 4 nitrogen and oxygen atoms in total. The predicted molar refractivity (Wildman–Crippen MR) is 103 cm³/mol. The van der Waals surface area contributed by atoms with Gasteiger partial charge in [0.05, 0.1) is 5.69 Å². The van der Waals surface area contributed by atoms with Crippen molar-refractivity contribution in [3.8, 4) is 17.0 Å². The number of anilines is 1. The van der Waals surface area contributed by atoms with Crippen LogP contribution >= 0.6 is 11.6 Å². The van der Waals surface area contributed by atoms with Crippen molar-refractivity contribution in [3.63, 3.8) is 0 Å². The summed E-state index contributed by atoms with van der Waals surface area (Å²) >= 11 is 6.23. The molecular weight excluding hydrogens is 334 g/mol. The van der Waals surface area contributed by atoms with Crippen LogP contribution in [-0.2, 0) is 13.7 Å². The number of aromatic nitrogens is 2. The van der Waals surface area contributed by atoms with Crippen molar-refractivity contribution >= 4 is 17.3 Å². The van der Waals surface area contributed by atoms with E-state index in [2.05, 4.69) is 11.2 Å². The molecule has 1 heterocycles. The summed E-state index contributed by atoms with van der Waals surface area (Å²) in [7, 11) is 1.84. The summed E-state index contributed by atoms with van der Waals surface area (Å²) in [5.41, 5.74) is 12.9. The average molecular weight is 356 g/mol. The number of nitrogens with two attached hydrogens (primary N) is 1. The molecule has 0 atom stereocenters. The highest BCUT2D eigenvalue weighted by Crippen LogP contribution is 2.31. The van der Waals surface area contributed by atoms with Crippen molar-refractivity contribution in [1.29, 1.82) is 0 Å². The second-order valence-corrected chi connectivity index (χ2v) is 6.66. The Morgan fingerprint density at radius 3 is 2.48 bits per heavy atom. The summed E-state index contributed by atoms with van der Waals surface area (Å²) in [6.45, 7) is 6.50. The molecule has 5 heteroatoms. The van der Waals surface area contributed by atoms with E-state index in [9.17, 15) is 0 Å². The van der Waals surface area contributed by atoms with Crippen LogP contribution in [0, 0.1) is 20.8 Å². The first-order valence-electron chi connectivity index (χ1n) is 8.15. The lowest BCUT2D eigenvalue weighted by Crippen LogP contribution is -2.03. The summed E-state index contributed by atoms with van der Waals surface area (Å²) < 4.78 is 7.69. The lowest BCUT2D eigenvalue weighted by molar-refractivity contribution is 0.304. The number of hydrogen-bond donors (Lipinski definition) is 1. The van der Waals surface area contributed by atoms with Crippen LogP contribution in [0.4, 0.5) is 5.69 Å². The Bertz CT molecular complexity index is 911. The highest BCUT2D eigenvalue weighted by atomic mass is 35.5. The summed E-state index contributed by atoms with van der Waals surface area (Å²) in [5, 5.41) is 5.15. The smallest absolute Gasteiger partial charge is 0.130 e. The predicted octanol–water partition coefficient (Wildman–Crippen LogP) is 4.83. The minimum absolute atomic E-state index is 0.452. The van der Waals surface area contributed by atoms with E-state index in [1.165, 1.54) is 0 Å². The molecule has 0 fully saturated rings. The van der Waals surface area contributed by atoms with Crippen molar-refractivity contribution in [1.82, 2.24) is 9.78 Å². The minimum atomic E-state index is 0.452. The summed E-state index contributed by atoms with van der Waals surface area (Å²) in [4.78, 5) is 0. The molecule has 0 bridgehead atoms. The van der Waals surface area contributed by atoms with Gasteiger partial charge in [0.2, 0.25) is 0 Å². The number of benzene rings is 2. The van der Waals surface area contributed by atoms with Crippen molar-refractivity contribution in [2.45, 2.75) is 27.4 Å². The van der Waals surface area contributed by atoms with Crippen molar-refractivity contribution in [3.05, 3.63) is 63.8 Å². The van der Waals surface area contributed by atoms with Crippen LogP contribution in [0.3, 0.4) is 0 Å². The van der Waals surface area contributed by atoms with Gasteiger partial charge in [-0.05, 0) is 56.2 Å². The van der Waals surface area contributed by atoms with Crippen LogP contribution in [0.25, 0.3) is 11.3 Å². The van der Waals surface area contributed by atoms with E-state index in [-0.39, 0.29) is 0 Å². The molecule has 0 aliphatic rings. The molecule has 0 saturated carbocycles. The monoisotopic (exact) mass is 355 g/mol. The molecular formula is C20H22ClN3O. The molecule has 0 unspecified atom stereocenters. The van der Waals surface area contributed by atoms with Crippen molar-refractivity contribution < 1.29 is 4.74 Å². The van der Waals surface area contributed by atoms with E-state index in [1.807, 2.05) is 58.2 Å². The van der Waals surface area contributed by atoms with Gasteiger partial charge in [0.1, 0.15) is 17.5 Å². The molecule has 3 rings (SSSR count). The third-order valence-corrected chi connectivity index (χ3v) is 4.99. The second-order valence-electron chi connectivity index (χ2n) is 6.30. The van der Waals surface area contributed by atoms with Crippen LogP contribution in [0.15, 0.2) is 36.4 Å². The second kappa shape index (κ2) is 6.81. The number of nitrogens with zero attached hydrogens (tertiary/aromatic N) is 2. The Morgan fingerprint density at radius 1 is 1.12 bits per heavy atom. The van der Waals surface area contributed by atoms with E-state index in [0.717, 1.165) is 44.9 Å². The number of rotatable bonds is 4. The van der Waals surface area contributed by atoms with Crippen LogP contribution in [0.5, 0.6) is 5.75 Å². The fourth-order valence-electron chi connectivity index (χ4n) is 2.91. The summed E-state index contributed by atoms with van der Waals surface area (Å²) in [6, 6.07) is 11.9. The zero-order valence-corrected chi connectivity index (χ0v) is 15.7. The Kier molecular flexibility index (Phi) is 4.73. The Hall–Kier alpha value is -2.46. The van der Waals surface area contributed by atoms with Gasteiger partial charge in [0, 0.05) is 29.4 Å². The van der Waals surface area contributed by atoms with Crippen LogP contribution < -0.4 is 10.5 Å². The maximum atomic E-state index is 6.23. The number of aryl methyl sites for hydroxylation is 3. The third kappa shape index (κ3) is 3.35. The number of halogens is 1. The maximum Gasteiger partial charge on any atom is 0.130 e. The van der Waals surface area contributed by atoms with Crippen LogP contribution in [0.2, 0.25) is 5.15 Å². The first-order chi connectivity index (χ1) is 11.9. The van der Waals surface area contributed by atoms with Gasteiger partial charge < -0.3 is 10.5 Å². The van der Waals surface area contributed by atoms with Gasteiger partial charge in [0.15, 0.2) is 0 Å². The zero-order valence-electron chi connectivity index (χ0n) is 14.9. The molecule has 0 aliphatic carbocycles. The molecule has 25 heavy (non-hydrogen) atoms. The van der Waals surface area contributed by atoms with Gasteiger partial charge in [-0.2, -0.15) is 5.10 Å². The summed E-state index contributed by atoms with van der Waals surface area (Å²) in [6.07, 6.45) is 0. The van der Waals surface area contributed by atoms with E-state index < -0.39 is 0 Å². The highest BCUT2D eigenvalue weighted by molar-refractivity contribution is 6.30. The standard InChI is InChI=1S/C20H22ClN3O/c1-12-6-5-7-17(22)16(12)11-25-18-9-8-15(10-13(18)2)19-14(3)20(21)24(4)23-19/h5-10H,11,22H2,1-4H3. The molecule has 2 aromatic carbocycles. The molecule has 130 valence electrons. The van der Waals surface area contributed by atoms with Crippen LogP contribution in [-0.4, -0.2) is 9.78 Å². The highest BCUT2D eigenvalue weighted by Gasteiger charge is 2.13. The first kappa shape index (κ1) is 17.4. The SMILES string of the molecule is Cc1cc(-c2nn(C)c(Cl)c2C)ccc1OCc1c(C)cccc1N. The molecule has 0 saturated heterocycles. The normalized spacial score (nSPS) is 10.9. The average Bonchev–Trinajstić information content (AvgIpc) is 2.83. The van der Waals surface area contributed by atoms with Gasteiger partial charge >= 0.3 is 0 Å². The van der Waals surface area contributed by atoms with Crippen molar-refractivity contribution in [2.75, 3.05) is 5.73 Å². The van der Waals surface area contributed by atoms with Gasteiger partial charge in [-0.25, -0.2) is 0 Å². The third-order valence-electron chi connectivity index (χ3n) is 4.47. The topological polar surface area (TPSA) is 53.1 Å². The molecule has 3 aromatic rings. The first-order valence-corrected chi connectivity index (χ1v) is 8.53. The number of hydrogen-bond acceptors (Lipinski definition) is 3. The van der Waals surface area contributed by atoms with E-state index in [1.54, 1.807) is 4.68 Å². The van der Waals surface area contributed by atoms with Gasteiger partial charge in [-0.15, -0.1) is 0 Å². The lowest BCUT2D eigenvalue weighted by Gasteiger charge is -2.13. The Balaban J connectivity index is 1.84. The van der Waals surface area contributed by atoms with Gasteiger partial charge in [-0.1, -0.05) is 23.7 Å². The molecule has 0 spiro atoms. The largest absolute Gasteiger partial charge is 0.489 e. The fourth-order valence-corrected chi connectivity index (χ4v) is 3.04. The number of nitrogen functional groups attached to an aromatic ring is 1. The fraction of sp³-hybridized carbons (Fsp3) is 0.250. The Morgan fingerprint density at radius 2 is 1.88 bits per heavy atom. The minimum Gasteiger partial charge on any atom is -0.489 e. The van der Waals surface area contributed by atoms with Gasteiger partial charge in [0.25, 0.3) is 0 Å². The van der Waals surface area contributed by atoms with E-state index in [4.69, 9.17) is 22.1 Å².